The van der Waals surface area contributed by atoms with E-state index >= 15 is 0 Å². The smallest absolute Gasteiger partial charge is 0.230 e. The summed E-state index contributed by atoms with van der Waals surface area (Å²) < 4.78 is 0. The summed E-state index contributed by atoms with van der Waals surface area (Å²) in [5.41, 5.74) is 5.71. The van der Waals surface area contributed by atoms with Gasteiger partial charge >= 0.3 is 0 Å². The molecule has 1 aliphatic rings. The fraction of sp³-hybridized carbons (Fsp3) is 0.769. The van der Waals surface area contributed by atoms with Crippen LogP contribution < -0.4 is 5.73 Å². The predicted octanol–water partition coefficient (Wildman–Crippen LogP) is 1.93. The molecule has 0 bridgehead atoms. The Kier molecular flexibility index (Phi) is 4.14. The van der Waals surface area contributed by atoms with Crippen LogP contribution in [0.2, 0.25) is 0 Å². The summed E-state index contributed by atoms with van der Waals surface area (Å²) in [6, 6.07) is 0.209. The molecule has 1 fully saturated rings. The topological polar surface area (TPSA) is 46.3 Å². The molecule has 0 aromatic carbocycles. The lowest BCUT2D eigenvalue weighted by Gasteiger charge is -2.36. The van der Waals surface area contributed by atoms with Gasteiger partial charge in [0.05, 0.1) is 5.41 Å². The zero-order chi connectivity index (χ0) is 12.3. The molecule has 0 heterocycles. The molecule has 1 amide bonds. The highest BCUT2D eigenvalue weighted by molar-refractivity contribution is 5.84. The van der Waals surface area contributed by atoms with Crippen molar-refractivity contribution in [1.82, 2.24) is 4.90 Å². The summed E-state index contributed by atoms with van der Waals surface area (Å²) in [5, 5.41) is 0. The zero-order valence-corrected chi connectivity index (χ0v) is 10.7. The van der Waals surface area contributed by atoms with Crippen molar-refractivity contribution in [3.63, 3.8) is 0 Å². The van der Waals surface area contributed by atoms with Gasteiger partial charge in [-0.15, -0.1) is 6.58 Å². The maximum Gasteiger partial charge on any atom is 0.230 e. The molecule has 2 atom stereocenters. The number of rotatable bonds is 4. The van der Waals surface area contributed by atoms with Crippen molar-refractivity contribution < 1.29 is 4.79 Å². The second-order valence-corrected chi connectivity index (χ2v) is 5.26. The van der Waals surface area contributed by atoms with Gasteiger partial charge in [0.1, 0.15) is 0 Å². The van der Waals surface area contributed by atoms with E-state index in [4.69, 9.17) is 5.73 Å². The van der Waals surface area contributed by atoms with Crippen molar-refractivity contribution in [2.75, 3.05) is 6.54 Å². The molecule has 0 spiro atoms. The lowest BCUT2D eigenvalue weighted by molar-refractivity contribution is -0.142. The van der Waals surface area contributed by atoms with Crippen molar-refractivity contribution >= 4 is 5.91 Å². The van der Waals surface area contributed by atoms with Gasteiger partial charge in [-0.2, -0.15) is 0 Å². The minimum Gasteiger partial charge on any atom is -0.336 e. The van der Waals surface area contributed by atoms with E-state index in [2.05, 4.69) is 6.58 Å². The number of amides is 1. The molecular formula is C13H24N2O. The van der Waals surface area contributed by atoms with Crippen molar-refractivity contribution in [1.29, 1.82) is 0 Å². The van der Waals surface area contributed by atoms with Gasteiger partial charge in [-0.3, -0.25) is 4.79 Å². The van der Waals surface area contributed by atoms with Crippen molar-refractivity contribution in [2.45, 2.75) is 52.1 Å². The number of hydrogen-bond donors (Lipinski definition) is 1. The fourth-order valence-corrected chi connectivity index (χ4v) is 2.45. The quantitative estimate of drug-likeness (QED) is 0.742. The van der Waals surface area contributed by atoms with E-state index in [1.165, 1.54) is 0 Å². The van der Waals surface area contributed by atoms with E-state index in [1.54, 1.807) is 6.08 Å². The normalized spacial score (nSPS) is 29.4. The molecule has 1 rings (SSSR count). The largest absolute Gasteiger partial charge is 0.336 e. The lowest BCUT2D eigenvalue weighted by atomic mass is 9.83. The SMILES string of the molecule is C=CCN(C(=O)C1(C)CCCC1N)C(C)C. The Bertz CT molecular complexity index is 275. The van der Waals surface area contributed by atoms with Gasteiger partial charge in [0, 0.05) is 18.6 Å². The molecule has 1 saturated carbocycles. The second kappa shape index (κ2) is 5.00. The minimum atomic E-state index is -0.368. The first-order valence-electron chi connectivity index (χ1n) is 6.11. The molecule has 3 heteroatoms. The van der Waals surface area contributed by atoms with Crippen molar-refractivity contribution in [3.8, 4) is 0 Å². The second-order valence-electron chi connectivity index (χ2n) is 5.26. The third kappa shape index (κ3) is 2.29. The molecule has 3 nitrogen and oxygen atoms in total. The molecule has 0 radical (unpaired) electrons. The molecular weight excluding hydrogens is 200 g/mol. The van der Waals surface area contributed by atoms with Gasteiger partial charge in [-0.05, 0) is 33.6 Å². The highest BCUT2D eigenvalue weighted by Gasteiger charge is 2.45. The van der Waals surface area contributed by atoms with E-state index < -0.39 is 0 Å². The van der Waals surface area contributed by atoms with Crippen LogP contribution in [0.25, 0.3) is 0 Å². The van der Waals surface area contributed by atoms with Gasteiger partial charge in [-0.1, -0.05) is 12.5 Å². The summed E-state index contributed by atoms with van der Waals surface area (Å²) in [6.45, 7) is 10.4. The van der Waals surface area contributed by atoms with Gasteiger partial charge in [0.25, 0.3) is 0 Å². The number of nitrogens with zero attached hydrogens (tertiary/aromatic N) is 1. The van der Waals surface area contributed by atoms with E-state index in [0.29, 0.717) is 6.54 Å². The first-order valence-corrected chi connectivity index (χ1v) is 6.11. The van der Waals surface area contributed by atoms with Gasteiger partial charge in [0.15, 0.2) is 0 Å². The standard InChI is InChI=1S/C13H24N2O/c1-5-9-15(10(2)3)12(16)13(4)8-6-7-11(13)14/h5,10-11H,1,6-9,14H2,2-4H3. The van der Waals surface area contributed by atoms with Crippen LogP contribution in [-0.4, -0.2) is 29.4 Å². The van der Waals surface area contributed by atoms with E-state index in [9.17, 15) is 4.79 Å². The summed E-state index contributed by atoms with van der Waals surface area (Å²) in [6.07, 6.45) is 4.71. The number of hydrogen-bond acceptors (Lipinski definition) is 2. The summed E-state index contributed by atoms with van der Waals surface area (Å²) in [7, 11) is 0. The van der Waals surface area contributed by atoms with Crippen LogP contribution in [0.5, 0.6) is 0 Å². The van der Waals surface area contributed by atoms with Gasteiger partial charge < -0.3 is 10.6 Å². The van der Waals surface area contributed by atoms with Crippen LogP contribution in [0.4, 0.5) is 0 Å². The Labute approximate surface area is 98.7 Å². The third-order valence-electron chi connectivity index (χ3n) is 3.73. The zero-order valence-electron chi connectivity index (χ0n) is 10.7. The molecule has 2 N–H and O–H groups in total. The van der Waals surface area contributed by atoms with Crippen LogP contribution in [0.1, 0.15) is 40.0 Å². The Morgan fingerprint density at radius 3 is 2.69 bits per heavy atom. The van der Waals surface area contributed by atoms with Crippen LogP contribution in [0, 0.1) is 5.41 Å². The fourth-order valence-electron chi connectivity index (χ4n) is 2.45. The Morgan fingerprint density at radius 1 is 1.69 bits per heavy atom. The first-order chi connectivity index (χ1) is 7.43. The molecule has 92 valence electrons. The van der Waals surface area contributed by atoms with Gasteiger partial charge in [0.2, 0.25) is 5.91 Å². The van der Waals surface area contributed by atoms with E-state index in [-0.39, 0.29) is 23.4 Å². The summed E-state index contributed by atoms with van der Waals surface area (Å²) >= 11 is 0. The molecule has 0 aromatic rings. The summed E-state index contributed by atoms with van der Waals surface area (Å²) in [4.78, 5) is 14.4. The predicted molar refractivity (Wildman–Crippen MR) is 67.0 cm³/mol. The average molecular weight is 224 g/mol. The minimum absolute atomic E-state index is 0.00562. The van der Waals surface area contributed by atoms with Crippen molar-refractivity contribution in [3.05, 3.63) is 12.7 Å². The average Bonchev–Trinajstić information content (AvgIpc) is 2.56. The molecule has 1 aliphatic carbocycles. The third-order valence-corrected chi connectivity index (χ3v) is 3.73. The number of carbonyl (C=O) groups excluding carboxylic acids is 1. The number of nitrogens with two attached hydrogens (primary N) is 1. The highest BCUT2D eigenvalue weighted by atomic mass is 16.2. The van der Waals surface area contributed by atoms with Gasteiger partial charge in [-0.25, -0.2) is 0 Å². The van der Waals surface area contributed by atoms with Crippen LogP contribution in [0.15, 0.2) is 12.7 Å². The molecule has 16 heavy (non-hydrogen) atoms. The summed E-state index contributed by atoms with van der Waals surface area (Å²) in [5.74, 6) is 0.187. The van der Waals surface area contributed by atoms with Crippen LogP contribution in [-0.2, 0) is 4.79 Å². The van der Waals surface area contributed by atoms with E-state index in [1.807, 2.05) is 25.7 Å². The maximum atomic E-state index is 12.5. The van der Waals surface area contributed by atoms with Crippen LogP contribution in [0.3, 0.4) is 0 Å². The maximum absolute atomic E-state index is 12.5. The van der Waals surface area contributed by atoms with Crippen molar-refractivity contribution in [2.24, 2.45) is 11.1 Å². The Balaban J connectivity index is 2.85. The Morgan fingerprint density at radius 2 is 2.31 bits per heavy atom. The monoisotopic (exact) mass is 224 g/mol. The Hall–Kier alpha value is -0.830. The molecule has 0 aromatic heterocycles. The lowest BCUT2D eigenvalue weighted by Crippen LogP contribution is -2.51. The first kappa shape index (κ1) is 13.2. The highest BCUT2D eigenvalue weighted by Crippen LogP contribution is 2.38. The molecule has 0 saturated heterocycles. The van der Waals surface area contributed by atoms with E-state index in [0.717, 1.165) is 19.3 Å². The molecule has 0 aliphatic heterocycles. The van der Waals surface area contributed by atoms with Crippen LogP contribution >= 0.6 is 0 Å². The number of carbonyl (C=O) groups is 1. The molecule has 2 unspecified atom stereocenters.